The van der Waals surface area contributed by atoms with E-state index < -0.39 is 0 Å². The summed E-state index contributed by atoms with van der Waals surface area (Å²) in [7, 11) is 0. The summed E-state index contributed by atoms with van der Waals surface area (Å²) in [5.74, 6) is 0.791. The monoisotopic (exact) mass is 208 g/mol. The van der Waals surface area contributed by atoms with Crippen LogP contribution in [0.5, 0.6) is 0 Å². The van der Waals surface area contributed by atoms with Crippen LogP contribution >= 0.6 is 0 Å². The zero-order valence-corrected chi connectivity index (χ0v) is 10.1. The highest BCUT2D eigenvalue weighted by Gasteiger charge is 2.13. The molecule has 15 heavy (non-hydrogen) atoms. The van der Waals surface area contributed by atoms with E-state index in [1.165, 1.54) is 0 Å². The first-order valence-corrected chi connectivity index (χ1v) is 5.62. The Morgan fingerprint density at radius 2 is 2.20 bits per heavy atom. The van der Waals surface area contributed by atoms with Crippen LogP contribution in [0.4, 0.5) is 0 Å². The predicted octanol–water partition coefficient (Wildman–Crippen LogP) is 2.83. The molecular formula is C12H20N2O. The van der Waals surface area contributed by atoms with Crippen molar-refractivity contribution in [1.82, 2.24) is 9.78 Å². The van der Waals surface area contributed by atoms with Crippen LogP contribution in [0.2, 0.25) is 0 Å². The van der Waals surface area contributed by atoms with Gasteiger partial charge in [0.15, 0.2) is 5.78 Å². The second-order valence-electron chi connectivity index (χ2n) is 4.34. The normalized spacial score (nSPS) is 11.0. The van der Waals surface area contributed by atoms with E-state index in [1.54, 1.807) is 4.68 Å². The van der Waals surface area contributed by atoms with Crippen LogP contribution in [-0.2, 0) is 6.54 Å². The van der Waals surface area contributed by atoms with Gasteiger partial charge in [-0.2, -0.15) is 5.10 Å². The third-order valence-electron chi connectivity index (χ3n) is 2.44. The van der Waals surface area contributed by atoms with Crippen LogP contribution in [0.1, 0.15) is 49.8 Å². The van der Waals surface area contributed by atoms with E-state index in [9.17, 15) is 4.79 Å². The number of hydrogen-bond acceptors (Lipinski definition) is 2. The number of rotatable bonds is 5. The van der Waals surface area contributed by atoms with Crippen molar-refractivity contribution in [2.75, 3.05) is 0 Å². The van der Waals surface area contributed by atoms with Crippen molar-refractivity contribution in [3.8, 4) is 0 Å². The number of carbonyl (C=O) groups excluding carboxylic acids is 1. The molecule has 0 aliphatic carbocycles. The summed E-state index contributed by atoms with van der Waals surface area (Å²) in [6, 6.07) is 1.88. The van der Waals surface area contributed by atoms with Crippen molar-refractivity contribution in [3.05, 3.63) is 17.5 Å². The van der Waals surface area contributed by atoms with Gasteiger partial charge < -0.3 is 0 Å². The third kappa shape index (κ3) is 3.18. The molecule has 1 rings (SSSR count). The molecule has 0 amide bonds. The molecule has 0 saturated heterocycles. The predicted molar refractivity (Wildman–Crippen MR) is 61.0 cm³/mol. The number of nitrogens with zero attached hydrogens (tertiary/aromatic N) is 2. The second kappa shape index (κ2) is 5.10. The van der Waals surface area contributed by atoms with Crippen molar-refractivity contribution < 1.29 is 4.79 Å². The Morgan fingerprint density at radius 1 is 1.53 bits per heavy atom. The minimum Gasteiger partial charge on any atom is -0.292 e. The number of hydrogen-bond donors (Lipinski definition) is 0. The van der Waals surface area contributed by atoms with E-state index in [1.807, 2.05) is 19.9 Å². The van der Waals surface area contributed by atoms with Gasteiger partial charge in [-0.05, 0) is 32.3 Å². The van der Waals surface area contributed by atoms with Gasteiger partial charge in [-0.25, -0.2) is 0 Å². The van der Waals surface area contributed by atoms with Gasteiger partial charge in [0, 0.05) is 13.0 Å². The number of aromatic nitrogens is 2. The molecule has 0 aliphatic heterocycles. The average molecular weight is 208 g/mol. The number of ketones is 1. The van der Waals surface area contributed by atoms with E-state index in [0.29, 0.717) is 12.3 Å². The molecule has 3 heteroatoms. The maximum Gasteiger partial charge on any atom is 0.180 e. The standard InChI is InChI=1S/C12H20N2O/c1-5-14-11(8-10(4)13-14)12(15)7-6-9(2)3/h8-9H,5-7H2,1-4H3. The summed E-state index contributed by atoms with van der Waals surface area (Å²) >= 11 is 0. The summed E-state index contributed by atoms with van der Waals surface area (Å²) in [5.41, 5.74) is 1.68. The minimum atomic E-state index is 0.214. The maximum absolute atomic E-state index is 11.9. The molecule has 1 heterocycles. The van der Waals surface area contributed by atoms with Gasteiger partial charge in [0.05, 0.1) is 5.69 Å². The van der Waals surface area contributed by atoms with Crippen molar-refractivity contribution in [2.45, 2.75) is 47.1 Å². The lowest BCUT2D eigenvalue weighted by Gasteiger charge is -2.05. The van der Waals surface area contributed by atoms with Gasteiger partial charge in [0.1, 0.15) is 5.69 Å². The Kier molecular flexibility index (Phi) is 4.06. The fourth-order valence-corrected chi connectivity index (χ4v) is 1.56. The van der Waals surface area contributed by atoms with Crippen molar-refractivity contribution in [1.29, 1.82) is 0 Å². The van der Waals surface area contributed by atoms with Gasteiger partial charge in [-0.15, -0.1) is 0 Å². The maximum atomic E-state index is 11.9. The van der Waals surface area contributed by atoms with Crippen molar-refractivity contribution in [2.24, 2.45) is 5.92 Å². The molecule has 0 saturated carbocycles. The van der Waals surface area contributed by atoms with Gasteiger partial charge in [-0.1, -0.05) is 13.8 Å². The summed E-state index contributed by atoms with van der Waals surface area (Å²) < 4.78 is 1.79. The topological polar surface area (TPSA) is 34.9 Å². The fourth-order valence-electron chi connectivity index (χ4n) is 1.56. The van der Waals surface area contributed by atoms with E-state index in [2.05, 4.69) is 18.9 Å². The Labute approximate surface area is 91.5 Å². The Bertz CT molecular complexity index is 339. The molecule has 0 unspecified atom stereocenters. The molecule has 0 N–H and O–H groups in total. The fraction of sp³-hybridized carbons (Fsp3) is 0.667. The highest BCUT2D eigenvalue weighted by atomic mass is 16.1. The second-order valence-corrected chi connectivity index (χ2v) is 4.34. The van der Waals surface area contributed by atoms with Gasteiger partial charge in [0.25, 0.3) is 0 Å². The summed E-state index contributed by atoms with van der Waals surface area (Å²) in [6.45, 7) is 8.96. The lowest BCUT2D eigenvalue weighted by molar-refractivity contribution is 0.0965. The van der Waals surface area contributed by atoms with E-state index >= 15 is 0 Å². The zero-order valence-electron chi connectivity index (χ0n) is 10.1. The molecule has 0 fully saturated rings. The van der Waals surface area contributed by atoms with E-state index in [4.69, 9.17) is 0 Å². The zero-order chi connectivity index (χ0) is 11.4. The summed E-state index contributed by atoms with van der Waals surface area (Å²) in [5, 5.41) is 4.27. The molecule has 3 nitrogen and oxygen atoms in total. The molecule has 0 bridgehead atoms. The first-order chi connectivity index (χ1) is 7.04. The highest BCUT2D eigenvalue weighted by molar-refractivity contribution is 5.94. The molecule has 0 aromatic carbocycles. The molecule has 0 atom stereocenters. The van der Waals surface area contributed by atoms with Crippen LogP contribution in [0.15, 0.2) is 6.07 Å². The van der Waals surface area contributed by atoms with Crippen LogP contribution in [-0.4, -0.2) is 15.6 Å². The number of carbonyl (C=O) groups is 1. The first-order valence-electron chi connectivity index (χ1n) is 5.62. The largest absolute Gasteiger partial charge is 0.292 e. The van der Waals surface area contributed by atoms with Crippen molar-refractivity contribution >= 4 is 5.78 Å². The lowest BCUT2D eigenvalue weighted by atomic mass is 10.0. The molecule has 1 aromatic heterocycles. The van der Waals surface area contributed by atoms with Gasteiger partial charge >= 0.3 is 0 Å². The Morgan fingerprint density at radius 3 is 2.73 bits per heavy atom. The lowest BCUT2D eigenvalue weighted by Crippen LogP contribution is -2.10. The van der Waals surface area contributed by atoms with Gasteiger partial charge in [-0.3, -0.25) is 9.48 Å². The minimum absolute atomic E-state index is 0.214. The Balaban J connectivity index is 2.72. The van der Waals surface area contributed by atoms with Crippen LogP contribution < -0.4 is 0 Å². The quantitative estimate of drug-likeness (QED) is 0.697. The molecular weight excluding hydrogens is 188 g/mol. The number of aryl methyl sites for hydroxylation is 2. The highest BCUT2D eigenvalue weighted by Crippen LogP contribution is 2.11. The smallest absolute Gasteiger partial charge is 0.180 e. The van der Waals surface area contributed by atoms with Crippen LogP contribution in [0.3, 0.4) is 0 Å². The van der Waals surface area contributed by atoms with Crippen LogP contribution in [0.25, 0.3) is 0 Å². The molecule has 1 aromatic rings. The van der Waals surface area contributed by atoms with Crippen LogP contribution in [0, 0.1) is 12.8 Å². The van der Waals surface area contributed by atoms with E-state index in [0.717, 1.165) is 24.4 Å². The average Bonchev–Trinajstić information content (AvgIpc) is 2.56. The van der Waals surface area contributed by atoms with Gasteiger partial charge in [0.2, 0.25) is 0 Å². The first kappa shape index (κ1) is 12.0. The SMILES string of the molecule is CCn1nc(C)cc1C(=O)CCC(C)C. The molecule has 0 spiro atoms. The van der Waals surface area contributed by atoms with Crippen molar-refractivity contribution in [3.63, 3.8) is 0 Å². The molecule has 0 radical (unpaired) electrons. The molecule has 84 valence electrons. The third-order valence-corrected chi connectivity index (χ3v) is 2.44. The molecule has 0 aliphatic rings. The summed E-state index contributed by atoms with van der Waals surface area (Å²) in [6.07, 6.45) is 1.58. The number of Topliss-reactive ketones (excluding diaryl/α,β-unsaturated/α-hetero) is 1. The summed E-state index contributed by atoms with van der Waals surface area (Å²) in [4.78, 5) is 11.9. The Hall–Kier alpha value is -1.12. The van der Waals surface area contributed by atoms with E-state index in [-0.39, 0.29) is 5.78 Å².